The quantitative estimate of drug-likeness (QED) is 0.0559. The maximum absolute atomic E-state index is 13.7. The molecule has 256 valence electrons. The number of amides is 1. The van der Waals surface area contributed by atoms with Gasteiger partial charge in [-0.15, -0.1) is 11.6 Å². The first-order chi connectivity index (χ1) is 23.0. The van der Waals surface area contributed by atoms with E-state index in [1.165, 1.54) is 0 Å². The molecular formula is C39H47ClN2O6. The molecule has 0 aromatic heterocycles. The molecule has 1 aliphatic heterocycles. The third-order valence-corrected chi connectivity index (χ3v) is 9.33. The van der Waals surface area contributed by atoms with Gasteiger partial charge in [0.2, 0.25) is 0 Å². The number of halogens is 1. The van der Waals surface area contributed by atoms with Crippen molar-refractivity contribution < 1.29 is 28.6 Å². The molecule has 5 rings (SSSR count). The summed E-state index contributed by atoms with van der Waals surface area (Å²) in [5, 5.41) is 4.22. The van der Waals surface area contributed by atoms with E-state index in [1.807, 2.05) is 44.2 Å². The minimum Gasteiger partial charge on any atom is -0.491 e. The van der Waals surface area contributed by atoms with Gasteiger partial charge in [0.05, 0.1) is 12.5 Å². The van der Waals surface area contributed by atoms with Gasteiger partial charge in [0.25, 0.3) is 0 Å². The van der Waals surface area contributed by atoms with Crippen molar-refractivity contribution in [1.29, 1.82) is 0 Å². The zero-order valence-electron chi connectivity index (χ0n) is 28.9. The largest absolute Gasteiger partial charge is 0.491 e. The zero-order chi connectivity index (χ0) is 34.5. The number of carbonyl (C=O) groups is 2. The highest BCUT2D eigenvalue weighted by atomic mass is 35.5. The van der Waals surface area contributed by atoms with E-state index in [0.29, 0.717) is 48.9 Å². The summed E-state index contributed by atoms with van der Waals surface area (Å²) in [7, 11) is 0. The van der Waals surface area contributed by atoms with E-state index in [2.05, 4.69) is 38.9 Å². The number of fused-ring (bicyclic) bond motifs is 3. The maximum atomic E-state index is 13.7. The van der Waals surface area contributed by atoms with Gasteiger partial charge in [0.15, 0.2) is 11.6 Å². The molecule has 9 heteroatoms. The Bertz CT molecular complexity index is 1640. The molecule has 1 amide bonds. The second-order valence-electron chi connectivity index (χ2n) is 13.5. The highest BCUT2D eigenvalue weighted by Crippen LogP contribution is 2.49. The topological polar surface area (TPSA) is 86.7 Å². The van der Waals surface area contributed by atoms with E-state index in [4.69, 9.17) is 30.6 Å². The number of unbranched alkanes of at least 4 members (excludes halogenated alkanes) is 2. The molecule has 1 unspecified atom stereocenters. The first-order valence-corrected chi connectivity index (χ1v) is 17.5. The maximum Gasteiger partial charge on any atom is 0.435 e. The van der Waals surface area contributed by atoms with E-state index in [1.54, 1.807) is 29.2 Å². The minimum absolute atomic E-state index is 0.0733. The van der Waals surface area contributed by atoms with Gasteiger partial charge >= 0.3 is 6.09 Å². The minimum atomic E-state index is -0.601. The van der Waals surface area contributed by atoms with Crippen LogP contribution in [0.25, 0.3) is 11.1 Å². The number of rotatable bonds is 14. The molecule has 2 aliphatic rings. The molecule has 48 heavy (non-hydrogen) atoms. The average molecular weight is 675 g/mol. The number of nitrogens with zero attached hydrogens (tertiary/aromatic N) is 2. The highest BCUT2D eigenvalue weighted by Gasteiger charge is 2.36. The van der Waals surface area contributed by atoms with Crippen LogP contribution in [-0.2, 0) is 19.7 Å². The van der Waals surface area contributed by atoms with Gasteiger partial charge in [-0.05, 0) is 85.3 Å². The molecule has 1 aliphatic carbocycles. The number of oxime groups is 1. The molecule has 1 heterocycles. The lowest BCUT2D eigenvalue weighted by molar-refractivity contribution is -0.141. The molecule has 3 aromatic carbocycles. The SMILES string of the molecule is CCCCN(CCCC)C(=O)O/N=C(\CCl)c1ccc2c(c1)-c1cc(C(=O)c3ccc(OCC4COC(C)(C)O4)cc3)ccc1C2(C)C. The van der Waals surface area contributed by atoms with Crippen molar-refractivity contribution >= 4 is 29.2 Å². The molecule has 0 saturated carbocycles. The fourth-order valence-corrected chi connectivity index (χ4v) is 6.50. The standard InChI is InChI=1S/C39H47ClN2O6/c1-7-9-19-42(20-10-8-2)37(44)48-41-35(23-40)27-13-17-33-31(21-27)32-22-28(14-18-34(32)38(33,3)4)36(43)26-11-15-29(16-12-26)45-24-30-25-46-39(5,6)47-30/h11-18,21-22,30H,7-10,19-20,23-25H2,1-6H3/b41-35+. The Kier molecular flexibility index (Phi) is 11.3. The molecule has 0 radical (unpaired) electrons. The molecule has 0 N–H and O–H groups in total. The number of benzene rings is 3. The molecule has 1 fully saturated rings. The van der Waals surface area contributed by atoms with Gasteiger partial charge in [-0.1, -0.05) is 70.0 Å². The molecule has 0 bridgehead atoms. The van der Waals surface area contributed by atoms with E-state index in [9.17, 15) is 9.59 Å². The van der Waals surface area contributed by atoms with Crippen LogP contribution in [0.3, 0.4) is 0 Å². The van der Waals surface area contributed by atoms with Crippen LogP contribution in [0.4, 0.5) is 4.79 Å². The Labute approximate surface area is 289 Å². The van der Waals surface area contributed by atoms with Gasteiger partial charge in [-0.25, -0.2) is 4.79 Å². The van der Waals surface area contributed by atoms with Crippen LogP contribution in [-0.4, -0.2) is 66.6 Å². The lowest BCUT2D eigenvalue weighted by atomic mass is 9.82. The van der Waals surface area contributed by atoms with Crippen molar-refractivity contribution in [3.63, 3.8) is 0 Å². The third-order valence-electron chi connectivity index (χ3n) is 9.07. The lowest BCUT2D eigenvalue weighted by Crippen LogP contribution is -2.32. The summed E-state index contributed by atoms with van der Waals surface area (Å²) in [6, 6.07) is 19.2. The Balaban J connectivity index is 1.34. The molecule has 1 atom stereocenters. The monoisotopic (exact) mass is 674 g/mol. The summed E-state index contributed by atoms with van der Waals surface area (Å²) in [6.07, 6.45) is 3.18. The van der Waals surface area contributed by atoms with Gasteiger partial charge in [0.1, 0.15) is 24.2 Å². The second kappa shape index (κ2) is 15.2. The summed E-state index contributed by atoms with van der Waals surface area (Å²) >= 11 is 6.35. The summed E-state index contributed by atoms with van der Waals surface area (Å²) < 4.78 is 17.3. The van der Waals surface area contributed by atoms with Crippen LogP contribution in [0.15, 0.2) is 65.8 Å². The summed E-state index contributed by atoms with van der Waals surface area (Å²) in [4.78, 5) is 33.7. The summed E-state index contributed by atoms with van der Waals surface area (Å²) in [6.45, 7) is 14.4. The Hall–Kier alpha value is -3.72. The molecule has 3 aromatic rings. The smallest absolute Gasteiger partial charge is 0.435 e. The number of alkyl halides is 1. The molecule has 0 spiro atoms. The van der Waals surface area contributed by atoms with Crippen LogP contribution < -0.4 is 4.74 Å². The Morgan fingerprint density at radius 2 is 1.46 bits per heavy atom. The van der Waals surface area contributed by atoms with Crippen molar-refractivity contribution in [3.05, 3.63) is 88.5 Å². The lowest BCUT2D eigenvalue weighted by Gasteiger charge is -2.21. The third kappa shape index (κ3) is 7.94. The number of hydrogen-bond acceptors (Lipinski definition) is 7. The van der Waals surface area contributed by atoms with Crippen LogP contribution >= 0.6 is 11.6 Å². The Morgan fingerprint density at radius 1 is 0.875 bits per heavy atom. The van der Waals surface area contributed by atoms with E-state index < -0.39 is 11.9 Å². The first-order valence-electron chi connectivity index (χ1n) is 16.9. The van der Waals surface area contributed by atoms with Crippen molar-refractivity contribution in [2.45, 2.75) is 84.5 Å². The predicted molar refractivity (Wildman–Crippen MR) is 189 cm³/mol. The van der Waals surface area contributed by atoms with Gasteiger partial charge in [0, 0.05) is 35.2 Å². The van der Waals surface area contributed by atoms with E-state index >= 15 is 0 Å². The van der Waals surface area contributed by atoms with Crippen LogP contribution in [0.1, 0.15) is 99.8 Å². The second-order valence-corrected chi connectivity index (χ2v) is 13.8. The predicted octanol–water partition coefficient (Wildman–Crippen LogP) is 8.74. The normalized spacial score (nSPS) is 17.5. The first kappa shape index (κ1) is 35.6. The highest BCUT2D eigenvalue weighted by molar-refractivity contribution is 6.31. The van der Waals surface area contributed by atoms with Crippen molar-refractivity contribution in [2.75, 3.05) is 32.2 Å². The number of hydrogen-bond donors (Lipinski definition) is 0. The number of carbonyl (C=O) groups excluding carboxylic acids is 2. The molecule has 1 saturated heterocycles. The fourth-order valence-electron chi connectivity index (χ4n) is 6.29. The summed E-state index contributed by atoms with van der Waals surface area (Å²) in [5.41, 5.74) is 6.39. The van der Waals surface area contributed by atoms with Gasteiger partial charge in [-0.2, -0.15) is 0 Å². The van der Waals surface area contributed by atoms with E-state index in [-0.39, 0.29) is 23.2 Å². The number of ether oxygens (including phenoxy) is 3. The van der Waals surface area contributed by atoms with Gasteiger partial charge in [-0.3, -0.25) is 9.63 Å². The van der Waals surface area contributed by atoms with Crippen LogP contribution in [0.2, 0.25) is 0 Å². The van der Waals surface area contributed by atoms with Crippen LogP contribution in [0.5, 0.6) is 5.75 Å². The number of ketones is 1. The van der Waals surface area contributed by atoms with Crippen molar-refractivity contribution in [3.8, 4) is 16.9 Å². The van der Waals surface area contributed by atoms with Crippen LogP contribution in [0, 0.1) is 0 Å². The average Bonchev–Trinajstić information content (AvgIpc) is 3.55. The molecule has 8 nitrogen and oxygen atoms in total. The van der Waals surface area contributed by atoms with Crippen molar-refractivity contribution in [2.24, 2.45) is 5.16 Å². The zero-order valence-corrected chi connectivity index (χ0v) is 29.7. The Morgan fingerprint density at radius 3 is 2.02 bits per heavy atom. The van der Waals surface area contributed by atoms with Gasteiger partial charge < -0.3 is 19.1 Å². The molecular weight excluding hydrogens is 628 g/mol. The summed E-state index contributed by atoms with van der Waals surface area (Å²) in [5.74, 6) is 0.0562. The fraction of sp³-hybridized carbons (Fsp3) is 0.462. The van der Waals surface area contributed by atoms with E-state index in [0.717, 1.165) is 53.5 Å². The van der Waals surface area contributed by atoms with Crippen molar-refractivity contribution in [1.82, 2.24) is 4.90 Å².